The number of hydrogen-bond donors (Lipinski definition) is 1. The van der Waals surface area contributed by atoms with E-state index in [-0.39, 0.29) is 8.80 Å². The minimum absolute atomic E-state index is 0.320. The van der Waals surface area contributed by atoms with E-state index in [4.69, 9.17) is 5.11 Å². The Morgan fingerprint density at radius 3 is 2.17 bits per heavy atom. The zero-order chi connectivity index (χ0) is 9.61. The van der Waals surface area contributed by atoms with Crippen molar-refractivity contribution < 1.29 is 5.11 Å². The maximum atomic E-state index is 8.85. The third-order valence-corrected chi connectivity index (χ3v) is 7.27. The third-order valence-electron chi connectivity index (χ3n) is 2.42. The summed E-state index contributed by atoms with van der Waals surface area (Å²) < 4.78 is 0. The van der Waals surface area contributed by atoms with Gasteiger partial charge in [0.1, 0.15) is 0 Å². The predicted molar refractivity (Wildman–Crippen MR) is 62.5 cm³/mol. The molecule has 0 aromatic heterocycles. The highest BCUT2D eigenvalue weighted by molar-refractivity contribution is 6.77. The van der Waals surface area contributed by atoms with Crippen LogP contribution in [-0.4, -0.2) is 28.6 Å². The van der Waals surface area contributed by atoms with Crippen LogP contribution in [0.1, 0.15) is 6.42 Å². The van der Waals surface area contributed by atoms with E-state index >= 15 is 0 Å². The highest BCUT2D eigenvalue weighted by Crippen LogP contribution is 2.18. The van der Waals surface area contributed by atoms with Gasteiger partial charge in [0.25, 0.3) is 0 Å². The first-order chi connectivity index (χ1) is 5.48. The largest absolute Gasteiger partial charge is 0.397 e. The van der Waals surface area contributed by atoms with Crippen LogP contribution in [0.5, 0.6) is 0 Å². The molecule has 0 saturated heterocycles. The Labute approximate surface area is 79.8 Å². The van der Waals surface area contributed by atoms with Gasteiger partial charge in [0.2, 0.25) is 0 Å². The summed E-state index contributed by atoms with van der Waals surface area (Å²) in [4.78, 5) is 0. The van der Waals surface area contributed by atoms with E-state index in [1.54, 1.807) is 0 Å². The highest BCUT2D eigenvalue weighted by atomic mass is 28.3. The molecular formula is C9H24OSi2. The lowest BCUT2D eigenvalue weighted by atomic mass is 10.6. The van der Waals surface area contributed by atoms with Crippen molar-refractivity contribution in [3.05, 3.63) is 0 Å². The topological polar surface area (TPSA) is 20.2 Å². The quantitative estimate of drug-likeness (QED) is 0.659. The van der Waals surface area contributed by atoms with Gasteiger partial charge in [-0.1, -0.05) is 44.7 Å². The SMILES string of the molecule is C[SiH](C)CCC[Si](C)(C)CCO. The molecule has 0 aromatic carbocycles. The van der Waals surface area contributed by atoms with Crippen LogP contribution in [0.3, 0.4) is 0 Å². The van der Waals surface area contributed by atoms with Crippen LogP contribution in [-0.2, 0) is 0 Å². The fourth-order valence-electron chi connectivity index (χ4n) is 1.42. The van der Waals surface area contributed by atoms with Gasteiger partial charge < -0.3 is 5.11 Å². The van der Waals surface area contributed by atoms with Gasteiger partial charge in [0.05, 0.1) is 0 Å². The monoisotopic (exact) mass is 204 g/mol. The molecule has 74 valence electrons. The number of hydrogen-bond acceptors (Lipinski definition) is 1. The first kappa shape index (κ1) is 12.4. The summed E-state index contributed by atoms with van der Waals surface area (Å²) in [7, 11) is -1.32. The molecule has 0 atom stereocenters. The lowest BCUT2D eigenvalue weighted by molar-refractivity contribution is 0.316. The second kappa shape index (κ2) is 5.94. The maximum absolute atomic E-state index is 8.85. The first-order valence-corrected chi connectivity index (χ1v) is 11.6. The summed E-state index contributed by atoms with van der Waals surface area (Å²) in [5, 5.41) is 8.85. The van der Waals surface area contributed by atoms with Gasteiger partial charge in [0, 0.05) is 23.5 Å². The van der Waals surface area contributed by atoms with Crippen molar-refractivity contribution in [3.8, 4) is 0 Å². The van der Waals surface area contributed by atoms with Crippen LogP contribution in [0.25, 0.3) is 0 Å². The Kier molecular flexibility index (Phi) is 6.14. The zero-order valence-electron chi connectivity index (χ0n) is 9.06. The second-order valence-corrected chi connectivity index (χ2v) is 13.6. The Hall–Kier alpha value is 0.394. The molecule has 0 aromatic rings. The molecule has 0 unspecified atom stereocenters. The van der Waals surface area contributed by atoms with Crippen molar-refractivity contribution in [1.82, 2.24) is 0 Å². The number of aliphatic hydroxyl groups is 1. The van der Waals surface area contributed by atoms with Crippen molar-refractivity contribution in [2.45, 2.75) is 50.7 Å². The van der Waals surface area contributed by atoms with E-state index in [0.717, 1.165) is 6.04 Å². The molecule has 0 amide bonds. The molecule has 12 heavy (non-hydrogen) atoms. The average Bonchev–Trinajstić information content (AvgIpc) is 1.85. The molecular weight excluding hydrogens is 180 g/mol. The van der Waals surface area contributed by atoms with Gasteiger partial charge in [0.15, 0.2) is 0 Å². The summed E-state index contributed by atoms with van der Waals surface area (Å²) in [5.74, 6) is 0. The molecule has 0 aliphatic carbocycles. The number of rotatable bonds is 6. The Bertz CT molecular complexity index is 113. The molecule has 1 nitrogen and oxygen atoms in total. The van der Waals surface area contributed by atoms with Crippen LogP contribution in [0.15, 0.2) is 0 Å². The van der Waals surface area contributed by atoms with E-state index in [1.165, 1.54) is 18.5 Å². The Balaban J connectivity index is 3.46. The summed E-state index contributed by atoms with van der Waals surface area (Å²) >= 11 is 0. The third kappa shape index (κ3) is 7.07. The van der Waals surface area contributed by atoms with Gasteiger partial charge in [-0.25, -0.2) is 0 Å². The van der Waals surface area contributed by atoms with Gasteiger partial charge in [-0.05, 0) is 6.04 Å². The molecule has 3 heteroatoms. The van der Waals surface area contributed by atoms with Crippen molar-refractivity contribution in [3.63, 3.8) is 0 Å². The maximum Gasteiger partial charge on any atom is 0.0496 e. The lowest BCUT2D eigenvalue weighted by Crippen LogP contribution is -2.26. The minimum Gasteiger partial charge on any atom is -0.397 e. The molecule has 0 heterocycles. The lowest BCUT2D eigenvalue weighted by Gasteiger charge is -2.21. The van der Waals surface area contributed by atoms with Crippen LogP contribution >= 0.6 is 0 Å². The average molecular weight is 204 g/mol. The Morgan fingerprint density at radius 2 is 1.75 bits per heavy atom. The molecule has 0 radical (unpaired) electrons. The van der Waals surface area contributed by atoms with Crippen LogP contribution in [0.2, 0.25) is 44.3 Å². The molecule has 0 aliphatic rings. The van der Waals surface area contributed by atoms with Crippen molar-refractivity contribution in [1.29, 1.82) is 0 Å². The van der Waals surface area contributed by atoms with Gasteiger partial charge in [-0.2, -0.15) is 0 Å². The molecule has 1 N–H and O–H groups in total. The van der Waals surface area contributed by atoms with E-state index < -0.39 is 8.07 Å². The number of aliphatic hydroxyl groups excluding tert-OH is 1. The van der Waals surface area contributed by atoms with Crippen LogP contribution in [0, 0.1) is 0 Å². The standard InChI is InChI=1S/C9H24OSi2/c1-11(2)7-5-8-12(3,4)9-6-10/h10-11H,5-9H2,1-4H3. The highest BCUT2D eigenvalue weighted by Gasteiger charge is 2.18. The predicted octanol–water partition coefficient (Wildman–Crippen LogP) is 2.56. The van der Waals surface area contributed by atoms with E-state index in [9.17, 15) is 0 Å². The summed E-state index contributed by atoms with van der Waals surface area (Å²) in [6.07, 6.45) is 1.42. The summed E-state index contributed by atoms with van der Waals surface area (Å²) in [5.41, 5.74) is 0. The van der Waals surface area contributed by atoms with Crippen LogP contribution in [0.4, 0.5) is 0 Å². The van der Waals surface area contributed by atoms with E-state index in [1.807, 2.05) is 0 Å². The van der Waals surface area contributed by atoms with Crippen molar-refractivity contribution in [2.75, 3.05) is 6.61 Å². The fourth-order valence-corrected chi connectivity index (χ4v) is 4.86. The smallest absolute Gasteiger partial charge is 0.0496 e. The van der Waals surface area contributed by atoms with E-state index in [2.05, 4.69) is 26.2 Å². The van der Waals surface area contributed by atoms with Gasteiger partial charge in [-0.3, -0.25) is 0 Å². The Morgan fingerprint density at radius 1 is 1.17 bits per heavy atom. The minimum atomic E-state index is -0.998. The first-order valence-electron chi connectivity index (χ1n) is 5.09. The van der Waals surface area contributed by atoms with Crippen LogP contribution < -0.4 is 0 Å². The summed E-state index contributed by atoms with van der Waals surface area (Å²) in [6, 6.07) is 3.99. The molecule has 0 fully saturated rings. The van der Waals surface area contributed by atoms with Gasteiger partial charge >= 0.3 is 0 Å². The molecule has 0 spiro atoms. The normalized spacial score (nSPS) is 12.5. The zero-order valence-corrected chi connectivity index (χ0v) is 11.2. The fraction of sp³-hybridized carbons (Fsp3) is 1.00. The van der Waals surface area contributed by atoms with Crippen molar-refractivity contribution >= 4 is 16.9 Å². The molecule has 0 bridgehead atoms. The van der Waals surface area contributed by atoms with Gasteiger partial charge in [-0.15, -0.1) is 0 Å². The molecule has 0 rings (SSSR count). The second-order valence-electron chi connectivity index (χ2n) is 4.92. The molecule has 0 saturated carbocycles. The van der Waals surface area contributed by atoms with E-state index in [0.29, 0.717) is 6.61 Å². The van der Waals surface area contributed by atoms with Crippen molar-refractivity contribution in [2.24, 2.45) is 0 Å². The summed E-state index contributed by atoms with van der Waals surface area (Å²) in [6.45, 7) is 10.0. The molecule has 0 aliphatic heterocycles.